The Morgan fingerprint density at radius 2 is 2.04 bits per heavy atom. The SMILES string of the molecule is CCS(=O)(=O)c1ccc(N)cc1C1CCCN1C(=O)OC(C)(C)C. The summed E-state index contributed by atoms with van der Waals surface area (Å²) in [4.78, 5) is 14.3. The maximum atomic E-state index is 12.5. The highest BCUT2D eigenvalue weighted by atomic mass is 32.2. The second-order valence-corrected chi connectivity index (χ2v) is 9.28. The van der Waals surface area contributed by atoms with E-state index in [9.17, 15) is 13.2 Å². The molecule has 1 amide bonds. The molecule has 7 heteroatoms. The molecule has 1 aliphatic heterocycles. The fraction of sp³-hybridized carbons (Fsp3) is 0.588. The standard InChI is InChI=1S/C17H26N2O4S/c1-5-24(21,22)15-9-8-12(18)11-13(15)14-7-6-10-19(14)16(20)23-17(2,3)4/h8-9,11,14H,5-7,10,18H2,1-4H3. The summed E-state index contributed by atoms with van der Waals surface area (Å²) in [5.74, 6) is 0.00305. The first-order chi connectivity index (χ1) is 11.0. The van der Waals surface area contributed by atoms with Crippen LogP contribution in [-0.2, 0) is 14.6 Å². The number of nitrogens with zero attached hydrogens (tertiary/aromatic N) is 1. The Kier molecular flexibility index (Phi) is 5.13. The monoisotopic (exact) mass is 354 g/mol. The summed E-state index contributed by atoms with van der Waals surface area (Å²) in [6.45, 7) is 7.58. The lowest BCUT2D eigenvalue weighted by atomic mass is 10.0. The number of nitrogens with two attached hydrogens (primary N) is 1. The number of amides is 1. The molecule has 0 spiro atoms. The first-order valence-electron chi connectivity index (χ1n) is 8.17. The van der Waals surface area contributed by atoms with E-state index in [-0.39, 0.29) is 16.7 Å². The van der Waals surface area contributed by atoms with Crippen LogP contribution in [0.2, 0.25) is 0 Å². The third kappa shape index (κ3) is 4.01. The lowest BCUT2D eigenvalue weighted by Gasteiger charge is -2.29. The minimum absolute atomic E-state index is 0.00305. The van der Waals surface area contributed by atoms with Gasteiger partial charge in [0.1, 0.15) is 5.60 Å². The first kappa shape index (κ1) is 18.6. The number of likely N-dealkylation sites (tertiary alicyclic amines) is 1. The first-order valence-corrected chi connectivity index (χ1v) is 9.82. The minimum Gasteiger partial charge on any atom is -0.444 e. The predicted molar refractivity (Wildman–Crippen MR) is 93.5 cm³/mol. The number of nitrogen functional groups attached to an aromatic ring is 1. The van der Waals surface area contributed by atoms with Crippen LogP contribution in [0.1, 0.15) is 52.1 Å². The summed E-state index contributed by atoms with van der Waals surface area (Å²) in [6.07, 6.45) is 1.06. The van der Waals surface area contributed by atoms with E-state index in [4.69, 9.17) is 10.5 Å². The third-order valence-corrected chi connectivity index (χ3v) is 5.79. The van der Waals surface area contributed by atoms with Crippen molar-refractivity contribution in [2.24, 2.45) is 0 Å². The van der Waals surface area contributed by atoms with Gasteiger partial charge in [0.25, 0.3) is 0 Å². The fourth-order valence-corrected chi connectivity index (χ4v) is 4.04. The van der Waals surface area contributed by atoms with Gasteiger partial charge in [-0.1, -0.05) is 6.92 Å². The van der Waals surface area contributed by atoms with Crippen LogP contribution in [-0.4, -0.2) is 37.3 Å². The lowest BCUT2D eigenvalue weighted by Crippen LogP contribution is -2.36. The van der Waals surface area contributed by atoms with Crippen LogP contribution in [0, 0.1) is 0 Å². The highest BCUT2D eigenvalue weighted by molar-refractivity contribution is 7.91. The molecule has 2 rings (SSSR count). The second kappa shape index (κ2) is 6.63. The number of rotatable bonds is 3. The Hall–Kier alpha value is -1.76. The van der Waals surface area contributed by atoms with E-state index in [0.717, 1.165) is 6.42 Å². The number of carbonyl (C=O) groups is 1. The Bertz CT molecular complexity index is 723. The van der Waals surface area contributed by atoms with Crippen LogP contribution >= 0.6 is 0 Å². The number of anilines is 1. The van der Waals surface area contributed by atoms with Crippen molar-refractivity contribution in [2.45, 2.75) is 57.1 Å². The molecule has 2 N–H and O–H groups in total. The zero-order chi connectivity index (χ0) is 18.1. The predicted octanol–water partition coefficient (Wildman–Crippen LogP) is 3.13. The molecular weight excluding hydrogens is 328 g/mol. The Morgan fingerprint density at radius 1 is 1.38 bits per heavy atom. The molecule has 134 valence electrons. The third-order valence-electron chi connectivity index (χ3n) is 3.99. The highest BCUT2D eigenvalue weighted by Crippen LogP contribution is 2.37. The van der Waals surface area contributed by atoms with Gasteiger partial charge in [0.2, 0.25) is 0 Å². The van der Waals surface area contributed by atoms with Gasteiger partial charge in [0.15, 0.2) is 9.84 Å². The van der Waals surface area contributed by atoms with Gasteiger partial charge in [0.05, 0.1) is 16.7 Å². The Balaban J connectivity index is 2.43. The average molecular weight is 354 g/mol. The van der Waals surface area contributed by atoms with Crippen molar-refractivity contribution in [1.29, 1.82) is 0 Å². The van der Waals surface area contributed by atoms with Crippen molar-refractivity contribution in [1.82, 2.24) is 4.90 Å². The van der Waals surface area contributed by atoms with Crippen molar-refractivity contribution in [3.63, 3.8) is 0 Å². The molecule has 0 aromatic heterocycles. The van der Waals surface area contributed by atoms with Gasteiger partial charge in [-0.2, -0.15) is 0 Å². The molecule has 1 atom stereocenters. The van der Waals surface area contributed by atoms with E-state index in [1.165, 1.54) is 6.07 Å². The Morgan fingerprint density at radius 3 is 2.62 bits per heavy atom. The highest BCUT2D eigenvalue weighted by Gasteiger charge is 2.35. The molecule has 1 fully saturated rings. The number of hydrogen-bond donors (Lipinski definition) is 1. The van der Waals surface area contributed by atoms with Crippen LogP contribution < -0.4 is 5.73 Å². The fourth-order valence-electron chi connectivity index (χ4n) is 2.90. The van der Waals surface area contributed by atoms with E-state index in [2.05, 4.69) is 0 Å². The summed E-state index contributed by atoms with van der Waals surface area (Å²) in [7, 11) is -3.40. The molecule has 1 unspecified atom stereocenters. The van der Waals surface area contributed by atoms with Gasteiger partial charge in [-0.25, -0.2) is 13.2 Å². The molecule has 0 radical (unpaired) electrons. The van der Waals surface area contributed by atoms with Gasteiger partial charge in [-0.3, -0.25) is 0 Å². The van der Waals surface area contributed by atoms with E-state index < -0.39 is 21.5 Å². The van der Waals surface area contributed by atoms with Crippen LogP contribution in [0.5, 0.6) is 0 Å². The summed E-state index contributed by atoms with van der Waals surface area (Å²) < 4.78 is 30.3. The number of benzene rings is 1. The van der Waals surface area contributed by atoms with E-state index >= 15 is 0 Å². The van der Waals surface area contributed by atoms with Crippen molar-refractivity contribution in [3.8, 4) is 0 Å². The topological polar surface area (TPSA) is 89.7 Å². The summed E-state index contributed by atoms with van der Waals surface area (Å²) in [5.41, 5.74) is 6.34. The van der Waals surface area contributed by atoms with Crippen LogP contribution in [0.4, 0.5) is 10.5 Å². The Labute approximate surface area is 143 Å². The maximum absolute atomic E-state index is 12.5. The van der Waals surface area contributed by atoms with E-state index in [1.54, 1.807) is 24.0 Å². The smallest absolute Gasteiger partial charge is 0.410 e. The largest absolute Gasteiger partial charge is 0.444 e. The molecular formula is C17H26N2O4S. The number of hydrogen-bond acceptors (Lipinski definition) is 5. The molecule has 0 aliphatic carbocycles. The van der Waals surface area contributed by atoms with Gasteiger partial charge in [-0.15, -0.1) is 0 Å². The number of carbonyl (C=O) groups excluding carboxylic acids is 1. The zero-order valence-corrected chi connectivity index (χ0v) is 15.5. The van der Waals surface area contributed by atoms with Gasteiger partial charge in [0, 0.05) is 12.2 Å². The molecule has 0 saturated carbocycles. The summed E-state index contributed by atoms with van der Waals surface area (Å²) >= 11 is 0. The van der Waals surface area contributed by atoms with Crippen molar-refractivity contribution < 1.29 is 17.9 Å². The average Bonchev–Trinajstić information content (AvgIpc) is 2.94. The molecule has 1 heterocycles. The number of sulfone groups is 1. The molecule has 1 aliphatic rings. The maximum Gasteiger partial charge on any atom is 0.410 e. The minimum atomic E-state index is -3.40. The summed E-state index contributed by atoms with van der Waals surface area (Å²) in [5, 5.41) is 0. The zero-order valence-electron chi connectivity index (χ0n) is 14.7. The molecule has 1 saturated heterocycles. The van der Waals surface area contributed by atoms with Crippen LogP contribution in [0.25, 0.3) is 0 Å². The van der Waals surface area contributed by atoms with Gasteiger partial charge >= 0.3 is 6.09 Å². The van der Waals surface area contributed by atoms with Crippen molar-refractivity contribution in [2.75, 3.05) is 18.0 Å². The van der Waals surface area contributed by atoms with E-state index in [0.29, 0.717) is 24.2 Å². The van der Waals surface area contributed by atoms with Gasteiger partial charge in [-0.05, 0) is 57.4 Å². The number of ether oxygens (including phenoxy) is 1. The van der Waals surface area contributed by atoms with Gasteiger partial charge < -0.3 is 15.4 Å². The normalized spacial score (nSPS) is 18.7. The van der Waals surface area contributed by atoms with E-state index in [1.807, 2.05) is 20.8 Å². The van der Waals surface area contributed by atoms with Crippen molar-refractivity contribution >= 4 is 21.6 Å². The van der Waals surface area contributed by atoms with Crippen molar-refractivity contribution in [3.05, 3.63) is 23.8 Å². The second-order valence-electron chi connectivity index (χ2n) is 7.03. The molecule has 24 heavy (non-hydrogen) atoms. The van der Waals surface area contributed by atoms with Crippen LogP contribution in [0.3, 0.4) is 0 Å². The lowest BCUT2D eigenvalue weighted by molar-refractivity contribution is 0.0222. The molecule has 6 nitrogen and oxygen atoms in total. The quantitative estimate of drug-likeness (QED) is 0.842. The molecule has 0 bridgehead atoms. The molecule has 1 aromatic carbocycles. The van der Waals surface area contributed by atoms with Crippen LogP contribution in [0.15, 0.2) is 23.1 Å². The molecule has 1 aromatic rings. The summed E-state index contributed by atoms with van der Waals surface area (Å²) in [6, 6.07) is 4.45.